The highest BCUT2D eigenvalue weighted by molar-refractivity contribution is 9.10. The zero-order chi connectivity index (χ0) is 19.5. The van der Waals surface area contributed by atoms with Crippen molar-refractivity contribution in [3.63, 3.8) is 0 Å². The van der Waals surface area contributed by atoms with E-state index < -0.39 is 10.0 Å². The Morgan fingerprint density at radius 3 is 2.64 bits per heavy atom. The van der Waals surface area contributed by atoms with E-state index in [2.05, 4.69) is 30.9 Å². The van der Waals surface area contributed by atoms with Crippen LogP contribution in [-0.2, 0) is 16.6 Å². The maximum absolute atomic E-state index is 13.1. The maximum Gasteiger partial charge on any atom is 0.268 e. The number of likely N-dealkylation sites (N-methyl/N-ethyl adjacent to an activating group) is 1. The lowest BCUT2D eigenvalue weighted by Crippen LogP contribution is -2.20. The van der Waals surface area contributed by atoms with Gasteiger partial charge in [-0.2, -0.15) is 4.98 Å². The molecule has 0 radical (unpaired) electrons. The third kappa shape index (κ3) is 2.57. The normalized spacial score (nSPS) is 16.6. The van der Waals surface area contributed by atoms with Crippen molar-refractivity contribution < 1.29 is 8.42 Å². The van der Waals surface area contributed by atoms with Gasteiger partial charge in [0, 0.05) is 18.6 Å². The molecule has 2 aromatic heterocycles. The van der Waals surface area contributed by atoms with Gasteiger partial charge in [0.05, 0.1) is 23.0 Å². The van der Waals surface area contributed by atoms with E-state index in [1.165, 1.54) is 3.97 Å². The molecule has 7 nitrogen and oxygen atoms in total. The van der Waals surface area contributed by atoms with Gasteiger partial charge in [0.25, 0.3) is 10.0 Å². The minimum Gasteiger partial charge on any atom is -0.335 e. The Kier molecular flexibility index (Phi) is 3.85. The molecule has 0 bridgehead atoms. The van der Waals surface area contributed by atoms with Gasteiger partial charge in [-0.05, 0) is 45.8 Å². The first-order valence-corrected chi connectivity index (χ1v) is 10.9. The monoisotopic (exact) mass is 457 g/mol. The SMILES string of the molecule is CN1c2nc(Br)nn2CC1c1ccc2ccn(S(=O)(=O)c3ccccc3)c2c1. The van der Waals surface area contributed by atoms with Crippen LogP contribution >= 0.6 is 15.9 Å². The van der Waals surface area contributed by atoms with Gasteiger partial charge in [-0.1, -0.05) is 30.3 Å². The topological polar surface area (TPSA) is 73.0 Å². The fraction of sp³-hybridized carbons (Fsp3) is 0.158. The lowest BCUT2D eigenvalue weighted by molar-refractivity contribution is 0.586. The number of anilines is 1. The van der Waals surface area contributed by atoms with Gasteiger partial charge in [-0.25, -0.2) is 17.1 Å². The Hall–Kier alpha value is -2.65. The van der Waals surface area contributed by atoms with Crippen LogP contribution < -0.4 is 4.90 Å². The summed E-state index contributed by atoms with van der Waals surface area (Å²) in [7, 11) is -1.69. The molecule has 2 aromatic carbocycles. The molecule has 0 aliphatic carbocycles. The third-order valence-electron chi connectivity index (χ3n) is 5.12. The van der Waals surface area contributed by atoms with E-state index >= 15 is 0 Å². The van der Waals surface area contributed by atoms with Gasteiger partial charge in [-0.15, -0.1) is 5.10 Å². The summed E-state index contributed by atoms with van der Waals surface area (Å²) in [6.07, 6.45) is 1.61. The average Bonchev–Trinajstić information content (AvgIpc) is 3.36. The Balaban J connectivity index is 1.59. The van der Waals surface area contributed by atoms with Gasteiger partial charge in [-0.3, -0.25) is 0 Å². The summed E-state index contributed by atoms with van der Waals surface area (Å²) in [5.74, 6) is 0.782. The van der Waals surface area contributed by atoms with Crippen LogP contribution in [0, 0.1) is 0 Å². The first-order chi connectivity index (χ1) is 13.4. The highest BCUT2D eigenvalue weighted by Crippen LogP contribution is 2.35. The van der Waals surface area contributed by atoms with Gasteiger partial charge in [0.1, 0.15) is 0 Å². The molecule has 1 unspecified atom stereocenters. The minimum atomic E-state index is -3.66. The van der Waals surface area contributed by atoms with E-state index in [-0.39, 0.29) is 10.9 Å². The number of fused-ring (bicyclic) bond motifs is 2. The van der Waals surface area contributed by atoms with Crippen molar-refractivity contribution in [2.45, 2.75) is 17.5 Å². The van der Waals surface area contributed by atoms with Crippen LogP contribution in [0.15, 0.2) is 70.4 Å². The van der Waals surface area contributed by atoms with Crippen LogP contribution in [0.25, 0.3) is 10.9 Å². The van der Waals surface area contributed by atoms with Crippen molar-refractivity contribution in [1.29, 1.82) is 0 Å². The Bertz CT molecular complexity index is 1300. The van der Waals surface area contributed by atoms with E-state index in [1.54, 1.807) is 36.5 Å². The van der Waals surface area contributed by atoms with Crippen LogP contribution in [0.2, 0.25) is 0 Å². The molecular formula is C19H16BrN5O2S. The summed E-state index contributed by atoms with van der Waals surface area (Å²) in [5, 5.41) is 5.22. The lowest BCUT2D eigenvalue weighted by Gasteiger charge is -2.20. The predicted molar refractivity (Wildman–Crippen MR) is 110 cm³/mol. The first-order valence-electron chi connectivity index (χ1n) is 8.70. The Morgan fingerprint density at radius 1 is 1.11 bits per heavy atom. The van der Waals surface area contributed by atoms with Gasteiger partial charge in [0.2, 0.25) is 10.7 Å². The second-order valence-electron chi connectivity index (χ2n) is 6.74. The van der Waals surface area contributed by atoms with E-state index in [9.17, 15) is 8.42 Å². The quantitative estimate of drug-likeness (QED) is 0.471. The lowest BCUT2D eigenvalue weighted by atomic mass is 10.1. The number of benzene rings is 2. The van der Waals surface area contributed by atoms with Crippen molar-refractivity contribution >= 4 is 42.8 Å². The number of nitrogens with zero attached hydrogens (tertiary/aromatic N) is 5. The summed E-state index contributed by atoms with van der Waals surface area (Å²) < 4.78 is 30.0. The second kappa shape index (κ2) is 6.18. The van der Waals surface area contributed by atoms with E-state index in [1.807, 2.05) is 36.0 Å². The molecule has 142 valence electrons. The third-order valence-corrected chi connectivity index (χ3v) is 7.16. The fourth-order valence-corrected chi connectivity index (χ4v) is 5.41. The summed E-state index contributed by atoms with van der Waals surface area (Å²) in [4.78, 5) is 6.71. The van der Waals surface area contributed by atoms with E-state index in [4.69, 9.17) is 0 Å². The van der Waals surface area contributed by atoms with Gasteiger partial charge in [0.15, 0.2) is 0 Å². The van der Waals surface area contributed by atoms with E-state index in [0.29, 0.717) is 16.8 Å². The van der Waals surface area contributed by atoms with Crippen LogP contribution in [0.4, 0.5) is 5.95 Å². The summed E-state index contributed by atoms with van der Waals surface area (Å²) in [6, 6.07) is 16.3. The summed E-state index contributed by atoms with van der Waals surface area (Å²) in [5.41, 5.74) is 1.68. The first kappa shape index (κ1) is 17.4. The average molecular weight is 458 g/mol. The molecule has 1 aliphatic rings. The summed E-state index contributed by atoms with van der Waals surface area (Å²) >= 11 is 3.30. The van der Waals surface area contributed by atoms with Crippen molar-refractivity contribution in [2.24, 2.45) is 0 Å². The molecule has 1 atom stereocenters. The Morgan fingerprint density at radius 2 is 1.89 bits per heavy atom. The standard InChI is InChI=1S/C19H16BrN5O2S/c1-23-17(12-24-19(23)21-18(20)22-24)14-8-7-13-9-10-25(16(13)11-14)28(26,27)15-5-3-2-4-6-15/h2-11,17H,12H2,1H3. The molecule has 4 aromatic rings. The molecule has 0 N–H and O–H groups in total. The van der Waals surface area contributed by atoms with Crippen LogP contribution in [0.3, 0.4) is 0 Å². The van der Waals surface area contributed by atoms with Crippen molar-refractivity contribution in [2.75, 3.05) is 11.9 Å². The van der Waals surface area contributed by atoms with Crippen molar-refractivity contribution in [3.05, 3.63) is 71.1 Å². The number of halogens is 1. The molecule has 5 rings (SSSR count). The van der Waals surface area contributed by atoms with Gasteiger partial charge >= 0.3 is 0 Å². The molecule has 1 aliphatic heterocycles. The second-order valence-corrected chi connectivity index (χ2v) is 9.26. The smallest absolute Gasteiger partial charge is 0.268 e. The molecule has 0 saturated carbocycles. The number of rotatable bonds is 3. The largest absolute Gasteiger partial charge is 0.335 e. The van der Waals surface area contributed by atoms with Crippen molar-refractivity contribution in [1.82, 2.24) is 18.7 Å². The minimum absolute atomic E-state index is 0.0373. The molecule has 0 fully saturated rings. The van der Waals surface area contributed by atoms with Crippen LogP contribution in [-0.4, -0.2) is 34.2 Å². The summed E-state index contributed by atoms with van der Waals surface area (Å²) in [6.45, 7) is 0.655. The highest BCUT2D eigenvalue weighted by atomic mass is 79.9. The predicted octanol–water partition coefficient (Wildman–Crippen LogP) is 3.42. The van der Waals surface area contributed by atoms with Crippen LogP contribution in [0.1, 0.15) is 11.6 Å². The Labute approximate surface area is 170 Å². The zero-order valence-electron chi connectivity index (χ0n) is 14.9. The highest BCUT2D eigenvalue weighted by Gasteiger charge is 2.31. The van der Waals surface area contributed by atoms with E-state index in [0.717, 1.165) is 16.9 Å². The molecular weight excluding hydrogens is 442 g/mol. The molecule has 0 amide bonds. The van der Waals surface area contributed by atoms with Crippen molar-refractivity contribution in [3.8, 4) is 0 Å². The zero-order valence-corrected chi connectivity index (χ0v) is 17.3. The molecule has 3 heterocycles. The molecule has 0 saturated heterocycles. The number of hydrogen-bond acceptors (Lipinski definition) is 5. The molecule has 0 spiro atoms. The van der Waals surface area contributed by atoms with Gasteiger partial charge < -0.3 is 4.90 Å². The van der Waals surface area contributed by atoms with Crippen LogP contribution in [0.5, 0.6) is 0 Å². The fourth-order valence-electron chi connectivity index (χ4n) is 3.69. The molecule has 28 heavy (non-hydrogen) atoms. The number of hydrogen-bond donors (Lipinski definition) is 0. The molecule has 9 heteroatoms. The number of aromatic nitrogens is 4. The maximum atomic E-state index is 13.1.